The van der Waals surface area contributed by atoms with E-state index >= 15 is 0 Å². The van der Waals surface area contributed by atoms with Gasteiger partial charge in [0.15, 0.2) is 0 Å². The third kappa shape index (κ3) is 3.96. The van der Waals surface area contributed by atoms with E-state index in [0.29, 0.717) is 11.9 Å². The van der Waals surface area contributed by atoms with Crippen molar-refractivity contribution < 1.29 is 4.42 Å². The largest absolute Gasteiger partial charge is 0.403 e. The van der Waals surface area contributed by atoms with Gasteiger partial charge in [0.1, 0.15) is 0 Å². The maximum atomic E-state index is 5.96. The number of nitrogens with one attached hydrogen (secondary N) is 1. The molecule has 1 N–H and O–H groups in total. The van der Waals surface area contributed by atoms with Gasteiger partial charge in [-0.3, -0.25) is 0 Å². The summed E-state index contributed by atoms with van der Waals surface area (Å²) in [4.78, 5) is 2.54. The minimum atomic E-state index is 0.486. The fourth-order valence-electron chi connectivity index (χ4n) is 4.24. The number of likely N-dealkylation sites (tertiary alicyclic amines) is 1. The lowest BCUT2D eigenvalue weighted by molar-refractivity contribution is 0.228. The minimum Gasteiger partial charge on any atom is -0.403 e. The molecule has 30 heavy (non-hydrogen) atoms. The fraction of sp³-hybridized carbons (Fsp3) is 0.333. The summed E-state index contributed by atoms with van der Waals surface area (Å²) >= 11 is 0. The molecule has 0 amide bonds. The Morgan fingerprint density at radius 3 is 2.57 bits per heavy atom. The monoisotopic (exact) mass is 401 g/mol. The molecule has 1 saturated heterocycles. The maximum Gasteiger partial charge on any atom is 0.315 e. The van der Waals surface area contributed by atoms with Gasteiger partial charge in [-0.25, -0.2) is 0 Å². The molecule has 0 bridgehead atoms. The highest BCUT2D eigenvalue weighted by Crippen LogP contribution is 2.32. The van der Waals surface area contributed by atoms with Gasteiger partial charge in [-0.2, -0.15) is 0 Å². The molecule has 2 aromatic heterocycles. The molecule has 4 aromatic rings. The van der Waals surface area contributed by atoms with Crippen molar-refractivity contribution >= 4 is 16.9 Å². The van der Waals surface area contributed by atoms with Crippen molar-refractivity contribution in [3.05, 3.63) is 60.8 Å². The average Bonchev–Trinajstić information content (AvgIpc) is 3.43. The molecule has 0 atom stereocenters. The third-order valence-corrected chi connectivity index (χ3v) is 5.78. The molecule has 1 fully saturated rings. The number of nitrogens with zero attached hydrogens (tertiary/aromatic N) is 4. The van der Waals surface area contributed by atoms with Crippen molar-refractivity contribution in [1.29, 1.82) is 0 Å². The summed E-state index contributed by atoms with van der Waals surface area (Å²) in [6, 6.07) is 19.1. The summed E-state index contributed by atoms with van der Waals surface area (Å²) < 4.78 is 8.13. The number of rotatable bonds is 7. The smallest absolute Gasteiger partial charge is 0.315 e. The van der Waals surface area contributed by atoms with Crippen molar-refractivity contribution in [1.82, 2.24) is 19.7 Å². The van der Waals surface area contributed by atoms with E-state index in [1.807, 2.05) is 24.3 Å². The van der Waals surface area contributed by atoms with E-state index in [1.54, 1.807) is 0 Å². The van der Waals surface area contributed by atoms with Crippen molar-refractivity contribution in [2.45, 2.75) is 25.7 Å². The first kappa shape index (κ1) is 18.9. The molecule has 6 heteroatoms. The SMILES string of the molecule is c1ccc(-n2cc(-c3nnc(NCCCN4CCCCC4)o3)c3ccccc32)cc1. The molecule has 154 valence electrons. The highest BCUT2D eigenvalue weighted by molar-refractivity contribution is 5.95. The number of fused-ring (bicyclic) bond motifs is 1. The number of hydrogen-bond donors (Lipinski definition) is 1. The Bertz CT molecular complexity index is 1100. The molecular weight excluding hydrogens is 374 g/mol. The zero-order valence-electron chi connectivity index (χ0n) is 17.1. The summed E-state index contributed by atoms with van der Waals surface area (Å²) in [6.07, 6.45) is 7.19. The number of anilines is 1. The number of para-hydroxylation sites is 2. The first-order valence-corrected chi connectivity index (χ1v) is 10.8. The summed E-state index contributed by atoms with van der Waals surface area (Å²) in [5.74, 6) is 0.541. The van der Waals surface area contributed by atoms with Crippen LogP contribution in [0.5, 0.6) is 0 Å². The van der Waals surface area contributed by atoms with E-state index in [1.165, 1.54) is 32.4 Å². The quantitative estimate of drug-likeness (QED) is 0.443. The maximum absolute atomic E-state index is 5.96. The molecule has 0 saturated carbocycles. The Balaban J connectivity index is 1.31. The van der Waals surface area contributed by atoms with Gasteiger partial charge in [-0.1, -0.05) is 47.9 Å². The van der Waals surface area contributed by atoms with Crippen LogP contribution in [0.25, 0.3) is 28.0 Å². The van der Waals surface area contributed by atoms with Gasteiger partial charge in [0.05, 0.1) is 11.1 Å². The Kier molecular flexibility index (Phi) is 5.48. The van der Waals surface area contributed by atoms with Crippen molar-refractivity contribution in [2.75, 3.05) is 31.5 Å². The highest BCUT2D eigenvalue weighted by Gasteiger charge is 2.16. The molecule has 0 spiro atoms. The molecule has 1 aliphatic heterocycles. The van der Waals surface area contributed by atoms with Crippen molar-refractivity contribution in [3.63, 3.8) is 0 Å². The van der Waals surface area contributed by atoms with E-state index in [0.717, 1.165) is 41.7 Å². The van der Waals surface area contributed by atoms with E-state index in [4.69, 9.17) is 4.42 Å². The molecule has 1 aliphatic rings. The van der Waals surface area contributed by atoms with Gasteiger partial charge >= 0.3 is 6.01 Å². The predicted molar refractivity (Wildman–Crippen MR) is 120 cm³/mol. The lowest BCUT2D eigenvalue weighted by atomic mass is 10.1. The Morgan fingerprint density at radius 2 is 1.70 bits per heavy atom. The standard InChI is InChI=1S/C24H27N5O/c1-3-10-19(11-4-1)29-18-21(20-12-5-6-13-22(20)29)23-26-27-24(30-23)25-14-9-17-28-15-7-2-8-16-28/h1,3-6,10-13,18H,2,7-9,14-17H2,(H,25,27). The topological polar surface area (TPSA) is 59.1 Å². The van der Waals surface area contributed by atoms with Gasteiger partial charge in [0.25, 0.3) is 5.89 Å². The van der Waals surface area contributed by atoms with Gasteiger partial charge in [-0.05, 0) is 57.1 Å². The van der Waals surface area contributed by atoms with Crippen LogP contribution in [0, 0.1) is 0 Å². The zero-order valence-corrected chi connectivity index (χ0v) is 17.1. The van der Waals surface area contributed by atoms with Crippen LogP contribution in [-0.4, -0.2) is 45.8 Å². The first-order chi connectivity index (χ1) is 14.9. The van der Waals surface area contributed by atoms with E-state index in [2.05, 4.69) is 61.5 Å². The highest BCUT2D eigenvalue weighted by atomic mass is 16.4. The van der Waals surface area contributed by atoms with Crippen LogP contribution in [0.1, 0.15) is 25.7 Å². The summed E-state index contributed by atoms with van der Waals surface area (Å²) in [5, 5.41) is 12.9. The molecule has 5 rings (SSSR count). The molecule has 2 aromatic carbocycles. The lowest BCUT2D eigenvalue weighted by Gasteiger charge is -2.26. The van der Waals surface area contributed by atoms with Crippen molar-refractivity contribution in [2.24, 2.45) is 0 Å². The molecular formula is C24H27N5O. The second kappa shape index (κ2) is 8.71. The van der Waals surface area contributed by atoms with E-state index < -0.39 is 0 Å². The lowest BCUT2D eigenvalue weighted by Crippen LogP contribution is -2.31. The number of aromatic nitrogens is 3. The molecule has 0 unspecified atom stereocenters. The molecule has 0 aliphatic carbocycles. The van der Waals surface area contributed by atoms with Gasteiger partial charge < -0.3 is 19.2 Å². The van der Waals surface area contributed by atoms with Crippen LogP contribution in [0.2, 0.25) is 0 Å². The third-order valence-electron chi connectivity index (χ3n) is 5.78. The predicted octanol–water partition coefficient (Wildman–Crippen LogP) is 4.97. The van der Waals surface area contributed by atoms with Gasteiger partial charge in [0.2, 0.25) is 0 Å². The molecule has 3 heterocycles. The second-order valence-corrected chi connectivity index (χ2v) is 7.86. The normalized spacial score (nSPS) is 14.9. The summed E-state index contributed by atoms with van der Waals surface area (Å²) in [7, 11) is 0. The second-order valence-electron chi connectivity index (χ2n) is 7.86. The van der Waals surface area contributed by atoms with Crippen LogP contribution in [0.3, 0.4) is 0 Å². The van der Waals surface area contributed by atoms with Crippen molar-refractivity contribution in [3.8, 4) is 17.1 Å². The summed E-state index contributed by atoms with van der Waals surface area (Å²) in [6.45, 7) is 4.43. The Morgan fingerprint density at radius 1 is 0.900 bits per heavy atom. The number of hydrogen-bond acceptors (Lipinski definition) is 5. The summed E-state index contributed by atoms with van der Waals surface area (Å²) in [5.41, 5.74) is 3.17. The molecule has 6 nitrogen and oxygen atoms in total. The van der Waals surface area contributed by atoms with E-state index in [9.17, 15) is 0 Å². The zero-order chi connectivity index (χ0) is 20.2. The van der Waals surface area contributed by atoms with Crippen LogP contribution >= 0.6 is 0 Å². The fourth-order valence-corrected chi connectivity index (χ4v) is 4.24. The Hall–Kier alpha value is -3.12. The van der Waals surface area contributed by atoms with E-state index in [-0.39, 0.29) is 0 Å². The molecule has 0 radical (unpaired) electrons. The number of benzene rings is 2. The Labute approximate surface area is 176 Å². The first-order valence-electron chi connectivity index (χ1n) is 10.8. The van der Waals surface area contributed by atoms with Crippen LogP contribution in [0.15, 0.2) is 65.2 Å². The van der Waals surface area contributed by atoms with Crippen LogP contribution in [0.4, 0.5) is 6.01 Å². The van der Waals surface area contributed by atoms with Crippen LogP contribution in [-0.2, 0) is 0 Å². The van der Waals surface area contributed by atoms with Crippen LogP contribution < -0.4 is 5.32 Å². The average molecular weight is 402 g/mol. The minimum absolute atomic E-state index is 0.486. The number of piperidine rings is 1. The van der Waals surface area contributed by atoms with Gasteiger partial charge in [0, 0.05) is 23.8 Å². The van der Waals surface area contributed by atoms with Gasteiger partial charge in [-0.15, -0.1) is 5.10 Å².